The first-order valence-corrected chi connectivity index (χ1v) is 10.4. The lowest BCUT2D eigenvalue weighted by atomic mass is 10.3. The van der Waals surface area contributed by atoms with Crippen LogP contribution in [-0.4, -0.2) is 33.4 Å². The summed E-state index contributed by atoms with van der Waals surface area (Å²) in [5.74, 6) is -1.64. The van der Waals surface area contributed by atoms with Crippen molar-refractivity contribution in [1.29, 1.82) is 0 Å². The van der Waals surface area contributed by atoms with E-state index in [2.05, 4.69) is 5.32 Å². The molecule has 0 spiro atoms. The highest BCUT2D eigenvalue weighted by Crippen LogP contribution is 2.25. The van der Waals surface area contributed by atoms with Crippen molar-refractivity contribution >= 4 is 74.0 Å². The molecule has 12 heteroatoms. The molecule has 0 aliphatic heterocycles. The summed E-state index contributed by atoms with van der Waals surface area (Å²) in [4.78, 5) is 23.3. The van der Waals surface area contributed by atoms with E-state index >= 15 is 0 Å². The fourth-order valence-electron chi connectivity index (χ4n) is 1.86. The van der Waals surface area contributed by atoms with Crippen molar-refractivity contribution in [3.8, 4) is 0 Å². The molecule has 0 unspecified atom stereocenters. The molecule has 2 aromatic carbocycles. The van der Waals surface area contributed by atoms with Crippen LogP contribution in [0.15, 0.2) is 41.3 Å². The molecule has 0 radical (unpaired) electrons. The van der Waals surface area contributed by atoms with Gasteiger partial charge in [-0.2, -0.15) is 4.72 Å². The molecule has 0 aromatic heterocycles. The molecule has 0 saturated carbocycles. The number of hydrogen-bond acceptors (Lipinski definition) is 5. The maximum Gasteiger partial charge on any atom is 0.321 e. The molecule has 0 atom stereocenters. The summed E-state index contributed by atoms with van der Waals surface area (Å²) in [6, 6.07) is 8.13. The van der Waals surface area contributed by atoms with E-state index < -0.39 is 35.1 Å². The van der Waals surface area contributed by atoms with Crippen molar-refractivity contribution in [2.24, 2.45) is 0 Å². The summed E-state index contributed by atoms with van der Waals surface area (Å²) in [5.41, 5.74) is 0.246. The van der Waals surface area contributed by atoms with Crippen molar-refractivity contribution in [2.45, 2.75) is 4.90 Å². The molecule has 2 aromatic rings. The van der Waals surface area contributed by atoms with E-state index in [-0.39, 0.29) is 25.7 Å². The highest BCUT2D eigenvalue weighted by atomic mass is 35.5. The smallest absolute Gasteiger partial charge is 0.321 e. The van der Waals surface area contributed by atoms with E-state index in [0.29, 0.717) is 5.02 Å². The number of carbonyl (C=O) groups is 2. The maximum absolute atomic E-state index is 12.1. The number of benzene rings is 2. The van der Waals surface area contributed by atoms with E-state index in [1.807, 2.05) is 4.72 Å². The molecular formula is C16H12Cl4N2O5S. The van der Waals surface area contributed by atoms with Gasteiger partial charge in [-0.25, -0.2) is 8.42 Å². The van der Waals surface area contributed by atoms with Gasteiger partial charge in [0.2, 0.25) is 10.0 Å². The third-order valence-electron chi connectivity index (χ3n) is 3.17. The Labute approximate surface area is 180 Å². The number of carbonyl (C=O) groups excluding carboxylic acids is 2. The Hall–Kier alpha value is -1.55. The van der Waals surface area contributed by atoms with E-state index in [9.17, 15) is 18.0 Å². The summed E-state index contributed by atoms with van der Waals surface area (Å²) in [6.07, 6.45) is 0. The predicted octanol–water partition coefficient (Wildman–Crippen LogP) is 3.76. The lowest BCUT2D eigenvalue weighted by Crippen LogP contribution is -2.32. The zero-order chi connectivity index (χ0) is 20.9. The molecule has 150 valence electrons. The Kier molecular flexibility index (Phi) is 7.94. The molecule has 0 aliphatic rings. The molecule has 2 rings (SSSR count). The second-order valence-electron chi connectivity index (χ2n) is 5.23. The van der Waals surface area contributed by atoms with E-state index in [1.54, 1.807) is 6.07 Å². The van der Waals surface area contributed by atoms with Gasteiger partial charge in [-0.05, 0) is 36.4 Å². The average Bonchev–Trinajstić information content (AvgIpc) is 2.63. The van der Waals surface area contributed by atoms with Crippen LogP contribution >= 0.6 is 46.4 Å². The second kappa shape index (κ2) is 9.78. The highest BCUT2D eigenvalue weighted by Gasteiger charge is 2.18. The number of amides is 1. The lowest BCUT2D eigenvalue weighted by Gasteiger charge is -2.09. The number of rotatable bonds is 7. The topological polar surface area (TPSA) is 102 Å². The second-order valence-corrected chi connectivity index (χ2v) is 8.66. The van der Waals surface area contributed by atoms with E-state index in [1.165, 1.54) is 24.3 Å². The quantitative estimate of drug-likeness (QED) is 0.581. The summed E-state index contributed by atoms with van der Waals surface area (Å²) in [7, 11) is -4.02. The normalized spacial score (nSPS) is 11.1. The number of esters is 1. The van der Waals surface area contributed by atoms with Crippen LogP contribution in [0.4, 0.5) is 5.69 Å². The van der Waals surface area contributed by atoms with Crippen molar-refractivity contribution in [2.75, 3.05) is 18.5 Å². The molecule has 0 bridgehead atoms. The largest absolute Gasteiger partial charge is 0.455 e. The molecule has 28 heavy (non-hydrogen) atoms. The number of nitrogens with one attached hydrogen (secondary N) is 2. The van der Waals surface area contributed by atoms with Crippen LogP contribution in [0.25, 0.3) is 0 Å². The van der Waals surface area contributed by atoms with Crippen LogP contribution in [0, 0.1) is 0 Å². The molecule has 0 aliphatic carbocycles. The Balaban J connectivity index is 1.85. The monoisotopic (exact) mass is 484 g/mol. The predicted molar refractivity (Wildman–Crippen MR) is 108 cm³/mol. The summed E-state index contributed by atoms with van der Waals surface area (Å²) in [5, 5.41) is 3.25. The number of halogens is 4. The summed E-state index contributed by atoms with van der Waals surface area (Å²) >= 11 is 23.2. The number of anilines is 1. The molecule has 0 fully saturated rings. The van der Waals surface area contributed by atoms with Crippen molar-refractivity contribution in [3.63, 3.8) is 0 Å². The Morgan fingerprint density at radius 1 is 0.929 bits per heavy atom. The van der Waals surface area contributed by atoms with E-state index in [0.717, 1.165) is 6.07 Å². The minimum Gasteiger partial charge on any atom is -0.455 e. The van der Waals surface area contributed by atoms with Gasteiger partial charge in [0.15, 0.2) is 6.61 Å². The van der Waals surface area contributed by atoms with Crippen LogP contribution in [0.5, 0.6) is 0 Å². The van der Waals surface area contributed by atoms with Gasteiger partial charge in [0.05, 0.1) is 25.7 Å². The zero-order valence-electron chi connectivity index (χ0n) is 13.8. The summed E-state index contributed by atoms with van der Waals surface area (Å²) in [6.45, 7) is -1.33. The fraction of sp³-hybridized carbons (Fsp3) is 0.125. The average molecular weight is 486 g/mol. The van der Waals surface area contributed by atoms with Crippen LogP contribution in [0.1, 0.15) is 0 Å². The van der Waals surface area contributed by atoms with Gasteiger partial charge >= 0.3 is 5.97 Å². The molecule has 0 heterocycles. The summed E-state index contributed by atoms with van der Waals surface area (Å²) < 4.78 is 31.0. The minimum atomic E-state index is -4.02. The first-order valence-electron chi connectivity index (χ1n) is 7.44. The molecular weight excluding hydrogens is 474 g/mol. The lowest BCUT2D eigenvalue weighted by molar-refractivity contribution is -0.146. The SMILES string of the molecule is O=C(COC(=O)CNS(=O)(=O)c1ccc(Cl)c(Cl)c1)Nc1cc(Cl)ccc1Cl. The number of sulfonamides is 1. The van der Waals surface area contributed by atoms with Gasteiger partial charge in [0.1, 0.15) is 6.54 Å². The Morgan fingerprint density at radius 2 is 1.61 bits per heavy atom. The van der Waals surface area contributed by atoms with Gasteiger partial charge in [0.25, 0.3) is 5.91 Å². The van der Waals surface area contributed by atoms with Gasteiger partial charge < -0.3 is 10.1 Å². The zero-order valence-corrected chi connectivity index (χ0v) is 17.7. The number of ether oxygens (including phenoxy) is 1. The van der Waals surface area contributed by atoms with E-state index in [4.69, 9.17) is 51.1 Å². The van der Waals surface area contributed by atoms with Crippen LogP contribution < -0.4 is 10.0 Å². The minimum absolute atomic E-state index is 0.0449. The Morgan fingerprint density at radius 3 is 2.29 bits per heavy atom. The van der Waals surface area contributed by atoms with Crippen molar-refractivity contribution < 1.29 is 22.7 Å². The van der Waals surface area contributed by atoms with Crippen molar-refractivity contribution in [1.82, 2.24) is 4.72 Å². The third kappa shape index (κ3) is 6.51. The van der Waals surface area contributed by atoms with Gasteiger partial charge in [0, 0.05) is 5.02 Å². The van der Waals surface area contributed by atoms with Crippen molar-refractivity contribution in [3.05, 3.63) is 56.5 Å². The molecule has 0 saturated heterocycles. The fourth-order valence-corrected chi connectivity index (χ4v) is 3.55. The molecule has 2 N–H and O–H groups in total. The Bertz CT molecular complexity index is 1010. The number of hydrogen-bond donors (Lipinski definition) is 2. The van der Waals surface area contributed by atoms with Crippen LogP contribution in [0.3, 0.4) is 0 Å². The molecule has 7 nitrogen and oxygen atoms in total. The first kappa shape index (κ1) is 22.7. The van der Waals surface area contributed by atoms with Gasteiger partial charge in [-0.1, -0.05) is 46.4 Å². The third-order valence-corrected chi connectivity index (χ3v) is 5.88. The highest BCUT2D eigenvalue weighted by molar-refractivity contribution is 7.89. The van der Waals surface area contributed by atoms with Crippen LogP contribution in [-0.2, 0) is 24.3 Å². The van der Waals surface area contributed by atoms with Gasteiger partial charge in [-0.3, -0.25) is 9.59 Å². The standard InChI is InChI=1S/C16H12Cl4N2O5S/c17-9-1-3-12(19)14(5-9)22-15(23)8-27-16(24)7-21-28(25,26)10-2-4-11(18)13(20)6-10/h1-6,21H,7-8H2,(H,22,23). The molecule has 1 amide bonds. The van der Waals surface area contributed by atoms with Crippen LogP contribution in [0.2, 0.25) is 20.1 Å². The maximum atomic E-state index is 12.1. The van der Waals surface area contributed by atoms with Gasteiger partial charge in [-0.15, -0.1) is 0 Å². The first-order chi connectivity index (χ1) is 13.1.